The van der Waals surface area contributed by atoms with Gasteiger partial charge >= 0.3 is 12.0 Å². The molecule has 2 aromatic rings. The van der Waals surface area contributed by atoms with Crippen LogP contribution in [0.15, 0.2) is 30.0 Å². The predicted octanol–water partition coefficient (Wildman–Crippen LogP) is 1.31. The number of urea groups is 1. The van der Waals surface area contributed by atoms with Crippen molar-refractivity contribution in [1.82, 2.24) is 20.2 Å². The van der Waals surface area contributed by atoms with Crippen LogP contribution in [0, 0.1) is 0 Å². The number of H-pyrrole nitrogens is 1. The average Bonchev–Trinajstić information content (AvgIpc) is 3.10. The molecule has 0 radical (unpaired) electrons. The Morgan fingerprint density at radius 3 is 2.95 bits per heavy atom. The van der Waals surface area contributed by atoms with Gasteiger partial charge in [0.2, 0.25) is 0 Å². The minimum atomic E-state index is -1.08. The fraction of sp³-hybridized carbons (Fsp3) is 0.308. The molecule has 0 saturated heterocycles. The van der Waals surface area contributed by atoms with Gasteiger partial charge in [0.1, 0.15) is 6.04 Å². The number of carboxylic acids is 1. The molecular weight excluding hydrogens is 292 g/mol. The van der Waals surface area contributed by atoms with Gasteiger partial charge < -0.3 is 20.3 Å². The summed E-state index contributed by atoms with van der Waals surface area (Å²) < 4.78 is 0. The zero-order chi connectivity index (χ0) is 15.2. The molecule has 0 saturated carbocycles. The van der Waals surface area contributed by atoms with Crippen molar-refractivity contribution in [3.05, 3.63) is 40.6 Å². The Morgan fingerprint density at radius 2 is 2.38 bits per heavy atom. The van der Waals surface area contributed by atoms with Crippen LogP contribution in [0.4, 0.5) is 4.79 Å². The maximum atomic E-state index is 12.0. The summed E-state index contributed by atoms with van der Waals surface area (Å²) >= 11 is 1.55. The second-order valence-corrected chi connectivity index (χ2v) is 5.59. The van der Waals surface area contributed by atoms with E-state index in [0.29, 0.717) is 12.2 Å². The second kappa shape index (κ2) is 6.89. The van der Waals surface area contributed by atoms with Gasteiger partial charge in [-0.25, -0.2) is 14.6 Å². The van der Waals surface area contributed by atoms with Crippen LogP contribution in [-0.2, 0) is 17.8 Å². The highest BCUT2D eigenvalue weighted by Gasteiger charge is 2.22. The van der Waals surface area contributed by atoms with E-state index in [-0.39, 0.29) is 6.42 Å². The molecule has 0 aliphatic heterocycles. The number of aromatic amines is 1. The van der Waals surface area contributed by atoms with Crippen LogP contribution < -0.4 is 5.32 Å². The number of hydrogen-bond donors (Lipinski definition) is 3. The number of aromatic nitrogens is 2. The molecule has 21 heavy (non-hydrogen) atoms. The fourth-order valence-electron chi connectivity index (χ4n) is 1.78. The number of nitrogens with one attached hydrogen (secondary N) is 2. The fourth-order valence-corrected chi connectivity index (χ4v) is 2.54. The number of carboxylic acid groups (broad SMARTS) is 1. The second-order valence-electron chi connectivity index (χ2n) is 4.56. The number of carbonyl (C=O) groups is 2. The highest BCUT2D eigenvalue weighted by molar-refractivity contribution is 7.09. The van der Waals surface area contributed by atoms with Crippen LogP contribution >= 0.6 is 11.3 Å². The van der Waals surface area contributed by atoms with Crippen molar-refractivity contribution in [2.24, 2.45) is 0 Å². The van der Waals surface area contributed by atoms with E-state index in [9.17, 15) is 14.7 Å². The Kier molecular flexibility index (Phi) is 4.94. The van der Waals surface area contributed by atoms with Crippen molar-refractivity contribution in [3.8, 4) is 0 Å². The quantitative estimate of drug-likeness (QED) is 0.749. The molecule has 112 valence electrons. The van der Waals surface area contributed by atoms with Crippen LogP contribution in [0.5, 0.6) is 0 Å². The van der Waals surface area contributed by atoms with Crippen molar-refractivity contribution in [3.63, 3.8) is 0 Å². The van der Waals surface area contributed by atoms with Gasteiger partial charge in [-0.05, 0) is 11.4 Å². The third kappa shape index (κ3) is 4.32. The Hall–Kier alpha value is -2.35. The number of carbonyl (C=O) groups excluding carboxylic acids is 1. The largest absolute Gasteiger partial charge is 0.480 e. The molecule has 3 N–H and O–H groups in total. The highest BCUT2D eigenvalue weighted by Crippen LogP contribution is 2.11. The number of thiophene rings is 1. The molecule has 0 fully saturated rings. The first kappa shape index (κ1) is 15.0. The van der Waals surface area contributed by atoms with E-state index in [1.54, 1.807) is 18.4 Å². The lowest BCUT2D eigenvalue weighted by Crippen LogP contribution is -2.47. The standard InChI is InChI=1S/C13H16N4O3S/c1-17(7-10-3-2-4-21-10)13(20)16-11(12(18)19)5-9-6-14-8-15-9/h2-4,6,8,11H,5,7H2,1H3,(H,14,15)(H,16,20)(H,18,19). The van der Waals surface area contributed by atoms with Gasteiger partial charge in [-0.15, -0.1) is 11.3 Å². The Labute approximate surface area is 125 Å². The maximum absolute atomic E-state index is 12.0. The molecule has 1 atom stereocenters. The summed E-state index contributed by atoms with van der Waals surface area (Å²) in [5, 5.41) is 13.6. The summed E-state index contributed by atoms with van der Waals surface area (Å²) in [6.45, 7) is 0.444. The molecule has 0 spiro atoms. The number of amides is 2. The molecule has 0 aliphatic carbocycles. The minimum absolute atomic E-state index is 0.161. The van der Waals surface area contributed by atoms with Crippen molar-refractivity contribution in [2.45, 2.75) is 19.0 Å². The molecule has 0 aliphatic rings. The van der Waals surface area contributed by atoms with E-state index in [0.717, 1.165) is 4.88 Å². The first-order valence-electron chi connectivity index (χ1n) is 6.30. The zero-order valence-corrected chi connectivity index (χ0v) is 12.3. The molecule has 8 heteroatoms. The molecule has 0 bridgehead atoms. The normalized spacial score (nSPS) is 11.9. The third-order valence-corrected chi connectivity index (χ3v) is 3.76. The number of aliphatic carboxylic acids is 1. The van der Waals surface area contributed by atoms with Crippen LogP contribution in [0.3, 0.4) is 0 Å². The van der Waals surface area contributed by atoms with Gasteiger partial charge in [0, 0.05) is 30.2 Å². The van der Waals surface area contributed by atoms with E-state index in [2.05, 4.69) is 15.3 Å². The summed E-state index contributed by atoms with van der Waals surface area (Å²) in [6.07, 6.45) is 3.17. The molecule has 2 amide bonds. The molecule has 7 nitrogen and oxygen atoms in total. The van der Waals surface area contributed by atoms with Gasteiger partial charge in [0.15, 0.2) is 0 Å². The van der Waals surface area contributed by atoms with Gasteiger partial charge in [0.25, 0.3) is 0 Å². The SMILES string of the molecule is CN(Cc1cccs1)C(=O)NC(Cc1cnc[nH]1)C(=O)O. The van der Waals surface area contributed by atoms with Crippen molar-refractivity contribution >= 4 is 23.3 Å². The maximum Gasteiger partial charge on any atom is 0.326 e. The van der Waals surface area contributed by atoms with Crippen molar-refractivity contribution in [2.75, 3.05) is 7.05 Å². The smallest absolute Gasteiger partial charge is 0.326 e. The van der Waals surface area contributed by atoms with E-state index < -0.39 is 18.0 Å². The summed E-state index contributed by atoms with van der Waals surface area (Å²) in [6, 6.07) is 2.41. The van der Waals surface area contributed by atoms with Gasteiger partial charge in [-0.2, -0.15) is 0 Å². The van der Waals surface area contributed by atoms with Gasteiger partial charge in [-0.3, -0.25) is 0 Å². The first-order chi connectivity index (χ1) is 10.1. The third-order valence-electron chi connectivity index (χ3n) is 2.89. The Morgan fingerprint density at radius 1 is 1.57 bits per heavy atom. The molecule has 2 aromatic heterocycles. The number of hydrogen-bond acceptors (Lipinski definition) is 4. The first-order valence-corrected chi connectivity index (χ1v) is 7.18. The van der Waals surface area contributed by atoms with E-state index >= 15 is 0 Å². The van der Waals surface area contributed by atoms with Gasteiger partial charge in [-0.1, -0.05) is 6.07 Å². The monoisotopic (exact) mass is 308 g/mol. The summed E-state index contributed by atoms with van der Waals surface area (Å²) in [4.78, 5) is 32.4. The van der Waals surface area contributed by atoms with Crippen molar-refractivity contribution < 1.29 is 14.7 Å². The van der Waals surface area contributed by atoms with E-state index in [4.69, 9.17) is 0 Å². The van der Waals surface area contributed by atoms with Gasteiger partial charge in [0.05, 0.1) is 12.9 Å². The lowest BCUT2D eigenvalue weighted by atomic mass is 10.1. The predicted molar refractivity (Wildman–Crippen MR) is 78.0 cm³/mol. The summed E-state index contributed by atoms with van der Waals surface area (Å²) in [5.41, 5.74) is 0.656. The molecule has 1 unspecified atom stereocenters. The Balaban J connectivity index is 1.92. The lowest BCUT2D eigenvalue weighted by molar-refractivity contribution is -0.139. The van der Waals surface area contributed by atoms with E-state index in [1.807, 2.05) is 17.5 Å². The Bertz CT molecular complexity index is 583. The van der Waals surface area contributed by atoms with Crippen LogP contribution in [-0.4, -0.2) is 45.1 Å². The minimum Gasteiger partial charge on any atom is -0.480 e. The molecule has 2 heterocycles. The summed E-state index contributed by atoms with van der Waals surface area (Å²) in [5.74, 6) is -1.08. The van der Waals surface area contributed by atoms with Crippen LogP contribution in [0.1, 0.15) is 10.6 Å². The molecule has 0 aromatic carbocycles. The van der Waals surface area contributed by atoms with Crippen molar-refractivity contribution in [1.29, 1.82) is 0 Å². The topological polar surface area (TPSA) is 98.3 Å². The molecule has 2 rings (SSSR count). The number of rotatable bonds is 6. The van der Waals surface area contributed by atoms with E-state index in [1.165, 1.54) is 17.4 Å². The average molecular weight is 308 g/mol. The lowest BCUT2D eigenvalue weighted by Gasteiger charge is -2.20. The van der Waals surface area contributed by atoms with Crippen LogP contribution in [0.2, 0.25) is 0 Å². The highest BCUT2D eigenvalue weighted by atomic mass is 32.1. The van der Waals surface area contributed by atoms with Crippen LogP contribution in [0.25, 0.3) is 0 Å². The zero-order valence-electron chi connectivity index (χ0n) is 11.4. The number of imidazole rings is 1. The molecular formula is C13H16N4O3S. The summed E-state index contributed by atoms with van der Waals surface area (Å²) in [7, 11) is 1.63. The number of nitrogens with zero attached hydrogens (tertiary/aromatic N) is 2.